The largest absolute Gasteiger partial charge is 0.355 e. The molecule has 0 unspecified atom stereocenters. The average Bonchev–Trinajstić information content (AvgIpc) is 3.45. The van der Waals surface area contributed by atoms with Crippen LogP contribution in [0.15, 0.2) is 75.4 Å². The SMILES string of the molecule is CN=C(NCCS(=O)(=O)c1ccccc1)NCC1(Sc2ccccc2)CC1. The van der Waals surface area contributed by atoms with Gasteiger partial charge in [-0.3, -0.25) is 4.99 Å². The van der Waals surface area contributed by atoms with Crippen molar-refractivity contribution in [2.75, 3.05) is 25.9 Å². The van der Waals surface area contributed by atoms with Crippen LogP contribution in [0.1, 0.15) is 12.8 Å². The zero-order chi connectivity index (χ0) is 19.2. The molecule has 1 fully saturated rings. The summed E-state index contributed by atoms with van der Waals surface area (Å²) in [5.41, 5.74) is 0. The van der Waals surface area contributed by atoms with Crippen molar-refractivity contribution in [2.24, 2.45) is 4.99 Å². The van der Waals surface area contributed by atoms with Gasteiger partial charge in [0, 0.05) is 29.8 Å². The first-order chi connectivity index (χ1) is 13.0. The Kier molecular flexibility index (Phi) is 6.44. The molecule has 2 aromatic carbocycles. The monoisotopic (exact) mass is 403 g/mol. The minimum atomic E-state index is -3.29. The van der Waals surface area contributed by atoms with Crippen LogP contribution in [0.2, 0.25) is 0 Å². The van der Waals surface area contributed by atoms with E-state index >= 15 is 0 Å². The van der Waals surface area contributed by atoms with E-state index in [0.29, 0.717) is 17.4 Å². The van der Waals surface area contributed by atoms with Gasteiger partial charge in [0.1, 0.15) is 0 Å². The van der Waals surface area contributed by atoms with Gasteiger partial charge in [-0.25, -0.2) is 8.42 Å². The first-order valence-electron chi connectivity index (χ1n) is 8.99. The van der Waals surface area contributed by atoms with E-state index in [1.54, 1.807) is 31.3 Å². The summed E-state index contributed by atoms with van der Waals surface area (Å²) in [5.74, 6) is 0.667. The number of guanidine groups is 1. The van der Waals surface area contributed by atoms with Gasteiger partial charge in [-0.2, -0.15) is 0 Å². The molecule has 27 heavy (non-hydrogen) atoms. The van der Waals surface area contributed by atoms with E-state index in [4.69, 9.17) is 0 Å². The molecule has 0 radical (unpaired) electrons. The van der Waals surface area contributed by atoms with Crippen molar-refractivity contribution in [1.29, 1.82) is 0 Å². The Bertz CT molecular complexity index is 865. The van der Waals surface area contributed by atoms with Crippen molar-refractivity contribution < 1.29 is 8.42 Å². The topological polar surface area (TPSA) is 70.6 Å². The maximum Gasteiger partial charge on any atom is 0.191 e. The number of hydrogen-bond donors (Lipinski definition) is 2. The number of thioether (sulfide) groups is 1. The van der Waals surface area contributed by atoms with Crippen molar-refractivity contribution in [2.45, 2.75) is 27.4 Å². The predicted molar refractivity (Wildman–Crippen MR) is 112 cm³/mol. The normalized spacial score (nSPS) is 16.0. The van der Waals surface area contributed by atoms with Crippen molar-refractivity contribution in [3.05, 3.63) is 60.7 Å². The Balaban J connectivity index is 1.46. The molecular formula is C20H25N3O2S2. The van der Waals surface area contributed by atoms with Crippen LogP contribution in [-0.4, -0.2) is 45.0 Å². The van der Waals surface area contributed by atoms with Crippen LogP contribution in [0, 0.1) is 0 Å². The van der Waals surface area contributed by atoms with Crippen molar-refractivity contribution in [3.63, 3.8) is 0 Å². The van der Waals surface area contributed by atoms with Gasteiger partial charge >= 0.3 is 0 Å². The summed E-state index contributed by atoms with van der Waals surface area (Å²) in [5, 5.41) is 6.45. The molecule has 1 saturated carbocycles. The third-order valence-corrected chi connectivity index (χ3v) is 7.68. The summed E-state index contributed by atoms with van der Waals surface area (Å²) < 4.78 is 24.9. The molecule has 0 aliphatic heterocycles. The quantitative estimate of drug-likeness (QED) is 0.524. The fourth-order valence-electron chi connectivity index (χ4n) is 2.71. The number of aliphatic imine (C=N–C) groups is 1. The second kappa shape index (κ2) is 8.80. The summed E-state index contributed by atoms with van der Waals surface area (Å²) in [6.07, 6.45) is 2.33. The van der Waals surface area contributed by atoms with Crippen molar-refractivity contribution >= 4 is 27.6 Å². The molecule has 0 aromatic heterocycles. The lowest BCUT2D eigenvalue weighted by Crippen LogP contribution is -2.42. The van der Waals surface area contributed by atoms with Gasteiger partial charge in [-0.15, -0.1) is 11.8 Å². The molecule has 2 aromatic rings. The Morgan fingerprint density at radius 1 is 1.04 bits per heavy atom. The maximum absolute atomic E-state index is 12.3. The van der Waals surface area contributed by atoms with Crippen LogP contribution < -0.4 is 10.6 Å². The van der Waals surface area contributed by atoms with E-state index < -0.39 is 9.84 Å². The highest BCUT2D eigenvalue weighted by Gasteiger charge is 2.43. The molecule has 0 bridgehead atoms. The van der Waals surface area contributed by atoms with Gasteiger partial charge in [0.15, 0.2) is 15.8 Å². The Labute approximate surface area is 165 Å². The number of benzene rings is 2. The van der Waals surface area contributed by atoms with Crippen molar-refractivity contribution in [3.8, 4) is 0 Å². The molecule has 1 aliphatic carbocycles. The lowest BCUT2D eigenvalue weighted by atomic mass is 10.4. The van der Waals surface area contributed by atoms with Crippen LogP contribution in [0.5, 0.6) is 0 Å². The molecule has 144 valence electrons. The summed E-state index contributed by atoms with van der Waals surface area (Å²) in [6.45, 7) is 1.12. The number of nitrogens with zero attached hydrogens (tertiary/aromatic N) is 1. The Hall–Kier alpha value is -1.99. The minimum Gasteiger partial charge on any atom is -0.355 e. The van der Waals surface area contributed by atoms with E-state index in [9.17, 15) is 8.42 Å². The summed E-state index contributed by atoms with van der Waals surface area (Å²) >= 11 is 1.89. The van der Waals surface area contributed by atoms with Gasteiger partial charge < -0.3 is 10.6 Å². The second-order valence-electron chi connectivity index (χ2n) is 6.58. The molecule has 0 heterocycles. The molecule has 0 saturated heterocycles. The number of rotatable bonds is 8. The number of nitrogens with one attached hydrogen (secondary N) is 2. The van der Waals surface area contributed by atoms with Gasteiger partial charge in [-0.05, 0) is 37.1 Å². The molecule has 7 heteroatoms. The summed E-state index contributed by atoms with van der Waals surface area (Å²) in [6, 6.07) is 18.9. The molecule has 3 rings (SSSR count). The highest BCUT2D eigenvalue weighted by atomic mass is 32.2. The van der Waals surface area contributed by atoms with E-state index in [1.807, 2.05) is 23.9 Å². The fraction of sp³-hybridized carbons (Fsp3) is 0.350. The lowest BCUT2D eigenvalue weighted by Gasteiger charge is -2.18. The van der Waals surface area contributed by atoms with Crippen LogP contribution >= 0.6 is 11.8 Å². The smallest absolute Gasteiger partial charge is 0.191 e. The van der Waals surface area contributed by atoms with E-state index in [-0.39, 0.29) is 10.5 Å². The van der Waals surface area contributed by atoms with Gasteiger partial charge in [-0.1, -0.05) is 36.4 Å². The van der Waals surface area contributed by atoms with E-state index in [1.165, 1.54) is 17.7 Å². The van der Waals surface area contributed by atoms with Crippen LogP contribution in [-0.2, 0) is 9.84 Å². The van der Waals surface area contributed by atoms with Gasteiger partial charge in [0.05, 0.1) is 10.6 Å². The maximum atomic E-state index is 12.3. The highest BCUT2D eigenvalue weighted by molar-refractivity contribution is 8.01. The van der Waals surface area contributed by atoms with E-state index in [0.717, 1.165) is 6.54 Å². The van der Waals surface area contributed by atoms with Crippen LogP contribution in [0.4, 0.5) is 0 Å². The first kappa shape index (κ1) is 19.8. The van der Waals surface area contributed by atoms with Crippen molar-refractivity contribution in [1.82, 2.24) is 10.6 Å². The number of sulfone groups is 1. The van der Waals surface area contributed by atoms with Gasteiger partial charge in [0.2, 0.25) is 0 Å². The summed E-state index contributed by atoms with van der Waals surface area (Å²) in [7, 11) is -1.59. The zero-order valence-electron chi connectivity index (χ0n) is 15.4. The molecule has 0 amide bonds. The highest BCUT2D eigenvalue weighted by Crippen LogP contribution is 2.51. The first-order valence-corrected chi connectivity index (χ1v) is 11.5. The van der Waals surface area contributed by atoms with Gasteiger partial charge in [0.25, 0.3) is 0 Å². The average molecular weight is 404 g/mol. The molecule has 1 aliphatic rings. The third-order valence-electron chi connectivity index (χ3n) is 4.45. The predicted octanol–water partition coefficient (Wildman–Crippen LogP) is 2.95. The standard InChI is InChI=1S/C20H25N3O2S2/c1-21-19(22-14-15-27(24,25)18-10-6-3-7-11-18)23-16-20(12-13-20)26-17-8-4-2-5-9-17/h2-11H,12-16H2,1H3,(H2,21,22,23). The van der Waals surface area contributed by atoms with Crippen LogP contribution in [0.25, 0.3) is 0 Å². The lowest BCUT2D eigenvalue weighted by molar-refractivity contribution is 0.594. The number of hydrogen-bond acceptors (Lipinski definition) is 4. The third kappa shape index (κ3) is 5.74. The second-order valence-corrected chi connectivity index (χ2v) is 10.2. The zero-order valence-corrected chi connectivity index (χ0v) is 17.0. The van der Waals surface area contributed by atoms with Crippen LogP contribution in [0.3, 0.4) is 0 Å². The minimum absolute atomic E-state index is 0.0294. The fourth-order valence-corrected chi connectivity index (χ4v) is 5.13. The molecule has 0 spiro atoms. The molecular weight excluding hydrogens is 378 g/mol. The molecule has 5 nitrogen and oxygen atoms in total. The van der Waals surface area contributed by atoms with E-state index in [2.05, 4.69) is 39.9 Å². The Morgan fingerprint density at radius 3 is 2.26 bits per heavy atom. The molecule has 2 N–H and O–H groups in total. The Morgan fingerprint density at radius 2 is 1.67 bits per heavy atom. The molecule has 0 atom stereocenters. The summed E-state index contributed by atoms with van der Waals surface area (Å²) in [4.78, 5) is 5.83.